The summed E-state index contributed by atoms with van der Waals surface area (Å²) in [6.45, 7) is 3.51. The number of para-hydroxylation sites is 2. The molecule has 0 spiro atoms. The number of hydrogen-bond donors (Lipinski definition) is 1. The number of amides is 2. The van der Waals surface area contributed by atoms with Crippen molar-refractivity contribution >= 4 is 22.8 Å². The summed E-state index contributed by atoms with van der Waals surface area (Å²) in [5.74, 6) is 1.17. The van der Waals surface area contributed by atoms with E-state index in [2.05, 4.69) is 22.0 Å². The second-order valence-corrected chi connectivity index (χ2v) is 8.74. The molecular weight excluding hydrogens is 428 g/mol. The molecule has 0 saturated carbocycles. The number of carbonyl (C=O) groups is 2. The van der Waals surface area contributed by atoms with Crippen molar-refractivity contribution in [1.29, 1.82) is 0 Å². The van der Waals surface area contributed by atoms with Crippen LogP contribution in [-0.2, 0) is 33.7 Å². The van der Waals surface area contributed by atoms with E-state index < -0.39 is 0 Å². The van der Waals surface area contributed by atoms with Gasteiger partial charge in [-0.2, -0.15) is 0 Å². The van der Waals surface area contributed by atoms with E-state index in [1.54, 1.807) is 0 Å². The quantitative estimate of drug-likeness (QED) is 0.444. The van der Waals surface area contributed by atoms with E-state index in [1.165, 1.54) is 5.56 Å². The van der Waals surface area contributed by atoms with Gasteiger partial charge in [0.1, 0.15) is 12.4 Å². The molecule has 1 aliphatic rings. The molecule has 1 saturated heterocycles. The predicted molar refractivity (Wildman–Crippen MR) is 132 cm³/mol. The zero-order valence-electron chi connectivity index (χ0n) is 19.7. The van der Waals surface area contributed by atoms with Crippen LogP contribution in [0.3, 0.4) is 0 Å². The van der Waals surface area contributed by atoms with Crippen molar-refractivity contribution < 1.29 is 14.3 Å². The van der Waals surface area contributed by atoms with Crippen molar-refractivity contribution in [2.75, 3.05) is 32.8 Å². The first-order valence-corrected chi connectivity index (χ1v) is 12.3. The third-order valence-corrected chi connectivity index (χ3v) is 6.27. The van der Waals surface area contributed by atoms with E-state index in [9.17, 15) is 9.59 Å². The van der Waals surface area contributed by atoms with Gasteiger partial charge < -0.3 is 19.5 Å². The van der Waals surface area contributed by atoms with E-state index in [0.29, 0.717) is 45.8 Å². The molecule has 1 fully saturated rings. The van der Waals surface area contributed by atoms with Gasteiger partial charge in [-0.15, -0.1) is 0 Å². The minimum absolute atomic E-state index is 0.104. The largest absolute Gasteiger partial charge is 0.378 e. The van der Waals surface area contributed by atoms with Crippen LogP contribution in [0.2, 0.25) is 0 Å². The Labute approximate surface area is 201 Å². The molecule has 3 aromatic rings. The molecule has 1 N–H and O–H groups in total. The highest BCUT2D eigenvalue weighted by Crippen LogP contribution is 2.18. The summed E-state index contributed by atoms with van der Waals surface area (Å²) in [6, 6.07) is 18.1. The van der Waals surface area contributed by atoms with Gasteiger partial charge in [-0.1, -0.05) is 48.9 Å². The molecule has 0 unspecified atom stereocenters. The number of imidazole rings is 1. The van der Waals surface area contributed by atoms with Gasteiger partial charge in [0.25, 0.3) is 0 Å². The lowest BCUT2D eigenvalue weighted by Crippen LogP contribution is -2.42. The number of benzene rings is 2. The molecule has 2 heterocycles. The van der Waals surface area contributed by atoms with E-state index in [4.69, 9.17) is 9.72 Å². The number of fused-ring (bicyclic) bond motifs is 1. The Bertz CT molecular complexity index is 1070. The number of carbonyl (C=O) groups excluding carboxylic acids is 2. The first-order chi connectivity index (χ1) is 16.7. The molecule has 2 aromatic carbocycles. The fraction of sp³-hybridized carbons (Fsp3) is 0.444. The van der Waals surface area contributed by atoms with Crippen LogP contribution < -0.4 is 5.32 Å². The number of rotatable bonds is 11. The summed E-state index contributed by atoms with van der Waals surface area (Å²) >= 11 is 0. The number of nitrogens with one attached hydrogen (secondary N) is 1. The third-order valence-electron chi connectivity index (χ3n) is 6.27. The fourth-order valence-corrected chi connectivity index (χ4v) is 4.34. The van der Waals surface area contributed by atoms with Crippen molar-refractivity contribution in [1.82, 2.24) is 19.8 Å². The molecule has 0 bridgehead atoms. The number of aryl methyl sites for hydroxylation is 2. The highest BCUT2D eigenvalue weighted by molar-refractivity contribution is 5.81. The van der Waals surface area contributed by atoms with Gasteiger partial charge in [-0.25, -0.2) is 4.98 Å². The monoisotopic (exact) mass is 462 g/mol. The predicted octanol–water partition coefficient (Wildman–Crippen LogP) is 3.36. The van der Waals surface area contributed by atoms with E-state index >= 15 is 0 Å². The average Bonchev–Trinajstić information content (AvgIpc) is 3.23. The number of nitrogens with zero attached hydrogens (tertiary/aromatic N) is 3. The van der Waals surface area contributed by atoms with Gasteiger partial charge in [0.15, 0.2) is 0 Å². The first kappa shape index (κ1) is 24.0. The summed E-state index contributed by atoms with van der Waals surface area (Å²) < 4.78 is 7.44. The van der Waals surface area contributed by atoms with E-state index in [0.717, 1.165) is 49.0 Å². The summed E-state index contributed by atoms with van der Waals surface area (Å²) in [6.07, 6.45) is 5.00. The SMILES string of the molecule is O=C(CCc1ccccc1)NCCCCCc1nc2ccccc2n1CC(=O)N1CCOCC1. The van der Waals surface area contributed by atoms with Crippen LogP contribution in [-0.4, -0.2) is 59.1 Å². The summed E-state index contributed by atoms with van der Waals surface area (Å²) in [5, 5.41) is 3.03. The van der Waals surface area contributed by atoms with Crippen LogP contribution in [0.1, 0.15) is 37.1 Å². The van der Waals surface area contributed by atoms with Crippen LogP contribution in [0.5, 0.6) is 0 Å². The number of unbranched alkanes of at least 4 members (excludes halogenated alkanes) is 2. The minimum Gasteiger partial charge on any atom is -0.378 e. The lowest BCUT2D eigenvalue weighted by Gasteiger charge is -2.27. The van der Waals surface area contributed by atoms with E-state index in [1.807, 2.05) is 47.4 Å². The Kier molecular flexibility index (Phi) is 8.68. The molecule has 0 radical (unpaired) electrons. The topological polar surface area (TPSA) is 76.5 Å². The van der Waals surface area contributed by atoms with Gasteiger partial charge in [-0.3, -0.25) is 9.59 Å². The fourth-order valence-electron chi connectivity index (χ4n) is 4.34. The molecule has 4 rings (SSSR count). The normalized spacial score (nSPS) is 13.8. The van der Waals surface area contributed by atoms with Gasteiger partial charge in [0.05, 0.1) is 24.2 Å². The standard InChI is InChI=1S/C27H34N4O3/c32-26(15-14-22-9-3-1-4-10-22)28-16-8-2-5-13-25-29-23-11-6-7-12-24(23)31(25)21-27(33)30-17-19-34-20-18-30/h1,3-4,6-7,9-12H,2,5,8,13-21H2,(H,28,32). The molecular formula is C27H34N4O3. The molecule has 34 heavy (non-hydrogen) atoms. The number of ether oxygens (including phenoxy) is 1. The second kappa shape index (κ2) is 12.3. The van der Waals surface area contributed by atoms with Crippen molar-refractivity contribution in [2.24, 2.45) is 0 Å². The number of aromatic nitrogens is 2. The molecule has 7 heteroatoms. The summed E-state index contributed by atoms with van der Waals surface area (Å²) in [4.78, 5) is 31.6. The molecule has 2 amide bonds. The highest BCUT2D eigenvalue weighted by Gasteiger charge is 2.20. The lowest BCUT2D eigenvalue weighted by molar-refractivity contribution is -0.135. The smallest absolute Gasteiger partial charge is 0.242 e. The third kappa shape index (κ3) is 6.67. The van der Waals surface area contributed by atoms with E-state index in [-0.39, 0.29) is 11.8 Å². The Balaban J connectivity index is 1.22. The molecule has 0 atom stereocenters. The van der Waals surface area contributed by atoms with Crippen LogP contribution in [0, 0.1) is 0 Å². The van der Waals surface area contributed by atoms with Gasteiger partial charge in [0.2, 0.25) is 11.8 Å². The molecule has 7 nitrogen and oxygen atoms in total. The van der Waals surface area contributed by atoms with Gasteiger partial charge in [0, 0.05) is 32.5 Å². The van der Waals surface area contributed by atoms with Crippen molar-refractivity contribution in [2.45, 2.75) is 45.1 Å². The molecule has 0 aliphatic carbocycles. The zero-order valence-corrected chi connectivity index (χ0v) is 19.7. The second-order valence-electron chi connectivity index (χ2n) is 8.74. The molecule has 1 aromatic heterocycles. The van der Waals surface area contributed by atoms with Crippen LogP contribution >= 0.6 is 0 Å². The van der Waals surface area contributed by atoms with Crippen LogP contribution in [0.15, 0.2) is 54.6 Å². The molecule has 180 valence electrons. The minimum atomic E-state index is 0.104. The van der Waals surface area contributed by atoms with Gasteiger partial charge >= 0.3 is 0 Å². The Morgan fingerprint density at radius 1 is 0.912 bits per heavy atom. The van der Waals surface area contributed by atoms with Crippen LogP contribution in [0.25, 0.3) is 11.0 Å². The Morgan fingerprint density at radius 2 is 1.68 bits per heavy atom. The maximum absolute atomic E-state index is 12.9. The van der Waals surface area contributed by atoms with Crippen molar-refractivity contribution in [3.63, 3.8) is 0 Å². The zero-order chi connectivity index (χ0) is 23.6. The summed E-state index contributed by atoms with van der Waals surface area (Å²) in [7, 11) is 0. The lowest BCUT2D eigenvalue weighted by atomic mass is 10.1. The van der Waals surface area contributed by atoms with Crippen molar-refractivity contribution in [3.8, 4) is 0 Å². The Hall–Kier alpha value is -3.19. The maximum Gasteiger partial charge on any atom is 0.242 e. The Morgan fingerprint density at radius 3 is 2.50 bits per heavy atom. The number of morpholine rings is 1. The summed E-state index contributed by atoms with van der Waals surface area (Å²) in [5.41, 5.74) is 3.12. The first-order valence-electron chi connectivity index (χ1n) is 12.3. The van der Waals surface area contributed by atoms with Gasteiger partial charge in [-0.05, 0) is 37.0 Å². The van der Waals surface area contributed by atoms with Crippen LogP contribution in [0.4, 0.5) is 0 Å². The maximum atomic E-state index is 12.9. The highest BCUT2D eigenvalue weighted by atomic mass is 16.5. The average molecular weight is 463 g/mol. The number of hydrogen-bond acceptors (Lipinski definition) is 4. The molecule has 1 aliphatic heterocycles. The van der Waals surface area contributed by atoms with Crippen molar-refractivity contribution in [3.05, 3.63) is 66.0 Å².